The van der Waals surface area contributed by atoms with Crippen LogP contribution in [0.5, 0.6) is 0 Å². The molecule has 2 aromatic carbocycles. The highest BCUT2D eigenvalue weighted by molar-refractivity contribution is 6.06. The normalized spacial score (nSPS) is 10.1. The second kappa shape index (κ2) is 6.65. The molecular formula is C15H13N3O5. The summed E-state index contributed by atoms with van der Waals surface area (Å²) in [6.07, 6.45) is 0. The van der Waals surface area contributed by atoms with Crippen molar-refractivity contribution in [3.63, 3.8) is 0 Å². The Kier molecular flexibility index (Phi) is 4.65. The topological polar surface area (TPSA) is 107 Å². The third-order valence-corrected chi connectivity index (χ3v) is 3.20. The molecule has 0 fully saturated rings. The number of carbonyl (C=O) groups is 1. The van der Waals surface area contributed by atoms with Gasteiger partial charge >= 0.3 is 0 Å². The fraction of sp³-hybridized carbons (Fsp3) is 0.133. The van der Waals surface area contributed by atoms with Crippen molar-refractivity contribution < 1.29 is 14.6 Å². The molecule has 8 nitrogen and oxygen atoms in total. The van der Waals surface area contributed by atoms with Crippen LogP contribution in [0.2, 0.25) is 0 Å². The van der Waals surface area contributed by atoms with Gasteiger partial charge in [0.1, 0.15) is 0 Å². The highest BCUT2D eigenvalue weighted by atomic mass is 16.6. The van der Waals surface area contributed by atoms with Crippen molar-refractivity contribution >= 4 is 23.0 Å². The van der Waals surface area contributed by atoms with Crippen molar-refractivity contribution in [3.8, 4) is 0 Å². The summed E-state index contributed by atoms with van der Waals surface area (Å²) in [5.74, 6) is -0.537. The molecule has 0 radical (unpaired) electrons. The van der Waals surface area contributed by atoms with Gasteiger partial charge in [0.05, 0.1) is 21.5 Å². The fourth-order valence-corrected chi connectivity index (χ4v) is 2.14. The van der Waals surface area contributed by atoms with Gasteiger partial charge in [-0.25, -0.2) is 0 Å². The van der Waals surface area contributed by atoms with Crippen LogP contribution < -0.4 is 4.90 Å². The first kappa shape index (κ1) is 16.1. The number of nitrogens with zero attached hydrogens (tertiary/aromatic N) is 3. The minimum absolute atomic E-state index is 0.100. The molecule has 23 heavy (non-hydrogen) atoms. The van der Waals surface area contributed by atoms with E-state index < -0.39 is 27.1 Å². The largest absolute Gasteiger partial charge is 0.309 e. The Morgan fingerprint density at radius 1 is 1.00 bits per heavy atom. The van der Waals surface area contributed by atoms with Gasteiger partial charge in [0.15, 0.2) is 0 Å². The molecule has 0 heterocycles. The summed E-state index contributed by atoms with van der Waals surface area (Å²) in [5, 5.41) is 21.8. The molecule has 0 aliphatic rings. The minimum atomic E-state index is -0.761. The van der Waals surface area contributed by atoms with Crippen LogP contribution in [0.1, 0.15) is 17.3 Å². The highest BCUT2D eigenvalue weighted by Crippen LogP contribution is 2.25. The van der Waals surface area contributed by atoms with Crippen molar-refractivity contribution in [1.29, 1.82) is 0 Å². The van der Waals surface area contributed by atoms with Crippen molar-refractivity contribution in [2.45, 2.75) is 6.92 Å². The zero-order valence-corrected chi connectivity index (χ0v) is 12.2. The lowest BCUT2D eigenvalue weighted by atomic mass is 10.1. The molecule has 0 bridgehead atoms. The van der Waals surface area contributed by atoms with Crippen LogP contribution in [-0.4, -0.2) is 22.3 Å². The number of rotatable bonds is 5. The number of para-hydroxylation sites is 1. The smallest absolute Gasteiger partial charge is 0.277 e. The number of carbonyl (C=O) groups excluding carboxylic acids is 1. The standard InChI is InChI=1S/C15H13N3O5/c1-2-16(12-6-4-3-5-7-12)15(19)11-8-13(17(20)21)10-14(9-11)18(22)23/h3-10H,2H2,1H3. The quantitative estimate of drug-likeness (QED) is 0.622. The van der Waals surface area contributed by atoms with Crippen LogP contribution in [-0.2, 0) is 0 Å². The van der Waals surface area contributed by atoms with E-state index in [1.807, 2.05) is 0 Å². The molecule has 0 aliphatic heterocycles. The van der Waals surface area contributed by atoms with Gasteiger partial charge in [0, 0.05) is 24.4 Å². The van der Waals surface area contributed by atoms with E-state index in [1.165, 1.54) is 4.90 Å². The van der Waals surface area contributed by atoms with Gasteiger partial charge in [0.25, 0.3) is 17.3 Å². The van der Waals surface area contributed by atoms with Gasteiger partial charge in [-0.15, -0.1) is 0 Å². The zero-order valence-electron chi connectivity index (χ0n) is 12.2. The molecular weight excluding hydrogens is 302 g/mol. The molecule has 0 aromatic heterocycles. The number of hydrogen-bond acceptors (Lipinski definition) is 5. The first-order valence-electron chi connectivity index (χ1n) is 6.74. The van der Waals surface area contributed by atoms with Crippen molar-refractivity contribution in [2.75, 3.05) is 11.4 Å². The van der Waals surface area contributed by atoms with E-state index in [0.717, 1.165) is 18.2 Å². The molecule has 0 unspecified atom stereocenters. The molecule has 8 heteroatoms. The van der Waals surface area contributed by atoms with Gasteiger partial charge < -0.3 is 4.90 Å². The Hall–Kier alpha value is -3.29. The molecule has 0 atom stereocenters. The van der Waals surface area contributed by atoms with E-state index in [2.05, 4.69) is 0 Å². The molecule has 1 amide bonds. The van der Waals surface area contributed by atoms with Crippen LogP contribution >= 0.6 is 0 Å². The average molecular weight is 315 g/mol. The number of non-ortho nitro benzene ring substituents is 2. The maximum atomic E-state index is 12.6. The molecule has 118 valence electrons. The van der Waals surface area contributed by atoms with Gasteiger partial charge in [-0.05, 0) is 19.1 Å². The fourth-order valence-electron chi connectivity index (χ4n) is 2.14. The maximum Gasteiger partial charge on any atom is 0.277 e. The van der Waals surface area contributed by atoms with Crippen LogP contribution in [0.3, 0.4) is 0 Å². The Morgan fingerprint density at radius 3 is 1.96 bits per heavy atom. The maximum absolute atomic E-state index is 12.6. The number of nitro groups is 2. The third kappa shape index (κ3) is 3.49. The predicted molar refractivity (Wildman–Crippen MR) is 83.5 cm³/mol. The summed E-state index contributed by atoms with van der Waals surface area (Å²) < 4.78 is 0. The summed E-state index contributed by atoms with van der Waals surface area (Å²) >= 11 is 0. The molecule has 0 aliphatic carbocycles. The first-order chi connectivity index (χ1) is 10.9. The monoisotopic (exact) mass is 315 g/mol. The number of hydrogen-bond donors (Lipinski definition) is 0. The van der Waals surface area contributed by atoms with Crippen LogP contribution in [0.15, 0.2) is 48.5 Å². The zero-order chi connectivity index (χ0) is 17.0. The number of benzene rings is 2. The van der Waals surface area contributed by atoms with Gasteiger partial charge in [-0.2, -0.15) is 0 Å². The van der Waals surface area contributed by atoms with Crippen LogP contribution in [0.4, 0.5) is 17.1 Å². The molecule has 0 saturated heterocycles. The lowest BCUT2D eigenvalue weighted by molar-refractivity contribution is -0.394. The summed E-state index contributed by atoms with van der Waals surface area (Å²) in [6, 6.07) is 11.6. The van der Waals surface area contributed by atoms with Crippen LogP contribution in [0.25, 0.3) is 0 Å². The average Bonchev–Trinajstić information content (AvgIpc) is 2.55. The summed E-state index contributed by atoms with van der Waals surface area (Å²) in [5.41, 5.74) is -0.482. The number of nitro benzene ring substituents is 2. The first-order valence-corrected chi connectivity index (χ1v) is 6.74. The highest BCUT2D eigenvalue weighted by Gasteiger charge is 2.23. The minimum Gasteiger partial charge on any atom is -0.309 e. The summed E-state index contributed by atoms with van der Waals surface area (Å²) in [6.45, 7) is 2.07. The van der Waals surface area contributed by atoms with E-state index in [1.54, 1.807) is 37.3 Å². The third-order valence-electron chi connectivity index (χ3n) is 3.20. The molecule has 2 aromatic rings. The molecule has 0 saturated carbocycles. The number of anilines is 1. The van der Waals surface area contributed by atoms with Gasteiger partial charge in [-0.1, -0.05) is 18.2 Å². The molecule has 2 rings (SSSR count). The van der Waals surface area contributed by atoms with Gasteiger partial charge in [-0.3, -0.25) is 25.0 Å². The van der Waals surface area contributed by atoms with E-state index >= 15 is 0 Å². The van der Waals surface area contributed by atoms with E-state index in [0.29, 0.717) is 12.2 Å². The Bertz CT molecular complexity index is 729. The lowest BCUT2D eigenvalue weighted by Crippen LogP contribution is -2.30. The summed E-state index contributed by atoms with van der Waals surface area (Å²) in [7, 11) is 0. The van der Waals surface area contributed by atoms with E-state index in [4.69, 9.17) is 0 Å². The molecule has 0 N–H and O–H groups in total. The number of amides is 1. The second-order valence-corrected chi connectivity index (χ2v) is 4.64. The van der Waals surface area contributed by atoms with Crippen molar-refractivity contribution in [1.82, 2.24) is 0 Å². The molecule has 0 spiro atoms. The van der Waals surface area contributed by atoms with Crippen molar-refractivity contribution in [3.05, 3.63) is 74.3 Å². The van der Waals surface area contributed by atoms with Crippen molar-refractivity contribution in [2.24, 2.45) is 0 Å². The lowest BCUT2D eigenvalue weighted by Gasteiger charge is -2.20. The van der Waals surface area contributed by atoms with E-state index in [9.17, 15) is 25.0 Å². The second-order valence-electron chi connectivity index (χ2n) is 4.64. The Labute approximate surface area is 131 Å². The Morgan fingerprint density at radius 2 is 1.52 bits per heavy atom. The SMILES string of the molecule is CCN(C(=O)c1cc([N+](=O)[O-])cc([N+](=O)[O-])c1)c1ccccc1. The van der Waals surface area contributed by atoms with Gasteiger partial charge in [0.2, 0.25) is 0 Å². The Balaban J connectivity index is 2.49. The van der Waals surface area contributed by atoms with Crippen LogP contribution in [0, 0.1) is 20.2 Å². The summed E-state index contributed by atoms with van der Waals surface area (Å²) in [4.78, 5) is 34.3. The predicted octanol–water partition coefficient (Wildman–Crippen LogP) is 3.17. The van der Waals surface area contributed by atoms with E-state index in [-0.39, 0.29) is 5.56 Å².